The second kappa shape index (κ2) is 8.26. The highest BCUT2D eigenvalue weighted by atomic mass is 32.2. The molecule has 0 radical (unpaired) electrons. The minimum atomic E-state index is 0.431. The van der Waals surface area contributed by atoms with E-state index < -0.39 is 0 Å². The third kappa shape index (κ3) is 4.90. The minimum Gasteiger partial charge on any atom is -0.310 e. The molecule has 0 aliphatic carbocycles. The summed E-state index contributed by atoms with van der Waals surface area (Å²) in [6, 6.07) is 18.0. The first-order chi connectivity index (χ1) is 10.2. The highest BCUT2D eigenvalue weighted by Crippen LogP contribution is 2.25. The van der Waals surface area contributed by atoms with Gasteiger partial charge in [0.2, 0.25) is 0 Å². The third-order valence-electron chi connectivity index (χ3n) is 3.74. The monoisotopic (exact) mass is 299 g/mol. The van der Waals surface area contributed by atoms with Gasteiger partial charge in [0.05, 0.1) is 0 Å². The molecule has 0 aromatic heterocycles. The number of thioether (sulfide) groups is 1. The average Bonchev–Trinajstić information content (AvgIpc) is 2.52. The van der Waals surface area contributed by atoms with E-state index in [1.54, 1.807) is 0 Å². The van der Waals surface area contributed by atoms with Crippen molar-refractivity contribution >= 4 is 11.8 Å². The van der Waals surface area contributed by atoms with Crippen LogP contribution in [0.25, 0.3) is 0 Å². The standard InChI is InChI=1S/C19H25NS/c1-4-13-20-16(3)17-9-11-19(12-10-17)21-14-18-8-6-5-7-15(18)2/h5-12,16,20H,4,13-14H2,1-3H3. The molecular weight excluding hydrogens is 274 g/mol. The first kappa shape index (κ1) is 16.1. The smallest absolute Gasteiger partial charge is 0.0291 e. The van der Waals surface area contributed by atoms with Crippen LogP contribution in [0.2, 0.25) is 0 Å². The second-order valence-electron chi connectivity index (χ2n) is 5.46. The Morgan fingerprint density at radius 2 is 1.76 bits per heavy atom. The van der Waals surface area contributed by atoms with Gasteiger partial charge in [-0.2, -0.15) is 0 Å². The van der Waals surface area contributed by atoms with E-state index in [1.165, 1.54) is 28.0 Å². The summed E-state index contributed by atoms with van der Waals surface area (Å²) in [4.78, 5) is 1.34. The zero-order valence-electron chi connectivity index (χ0n) is 13.2. The summed E-state index contributed by atoms with van der Waals surface area (Å²) < 4.78 is 0. The Hall–Kier alpha value is -1.25. The maximum absolute atomic E-state index is 3.53. The largest absolute Gasteiger partial charge is 0.310 e. The summed E-state index contributed by atoms with van der Waals surface area (Å²) in [6.07, 6.45) is 1.18. The molecule has 0 saturated carbocycles. The summed E-state index contributed by atoms with van der Waals surface area (Å²) >= 11 is 1.91. The number of benzene rings is 2. The lowest BCUT2D eigenvalue weighted by molar-refractivity contribution is 0.570. The van der Waals surface area contributed by atoms with Crippen LogP contribution in [0.4, 0.5) is 0 Å². The van der Waals surface area contributed by atoms with Gasteiger partial charge >= 0.3 is 0 Å². The topological polar surface area (TPSA) is 12.0 Å². The molecule has 2 aromatic carbocycles. The normalized spacial score (nSPS) is 12.3. The van der Waals surface area contributed by atoms with E-state index >= 15 is 0 Å². The molecule has 1 nitrogen and oxygen atoms in total. The third-order valence-corrected chi connectivity index (χ3v) is 4.80. The van der Waals surface area contributed by atoms with Crippen LogP contribution in [0.3, 0.4) is 0 Å². The number of aryl methyl sites for hydroxylation is 1. The molecule has 1 N–H and O–H groups in total. The lowest BCUT2D eigenvalue weighted by Gasteiger charge is -2.14. The van der Waals surface area contributed by atoms with E-state index in [1.807, 2.05) is 11.8 Å². The predicted octanol–water partition coefficient (Wildman–Crippen LogP) is 5.35. The van der Waals surface area contributed by atoms with Crippen LogP contribution in [0.1, 0.15) is 43.0 Å². The summed E-state index contributed by atoms with van der Waals surface area (Å²) in [6.45, 7) is 7.68. The molecular formula is C19H25NS. The Kier molecular flexibility index (Phi) is 6.34. The first-order valence-corrected chi connectivity index (χ1v) is 8.70. The van der Waals surface area contributed by atoms with Gasteiger partial charge in [0.1, 0.15) is 0 Å². The van der Waals surface area contributed by atoms with Crippen molar-refractivity contribution < 1.29 is 0 Å². The Bertz CT molecular complexity index is 548. The second-order valence-corrected chi connectivity index (χ2v) is 6.51. The van der Waals surface area contributed by atoms with Crippen LogP contribution in [0, 0.1) is 6.92 Å². The van der Waals surface area contributed by atoms with Gasteiger partial charge in [0.25, 0.3) is 0 Å². The number of nitrogens with one attached hydrogen (secondary N) is 1. The Balaban J connectivity index is 1.92. The van der Waals surface area contributed by atoms with Crippen LogP contribution >= 0.6 is 11.8 Å². The highest BCUT2D eigenvalue weighted by Gasteiger charge is 2.04. The van der Waals surface area contributed by atoms with Crippen LogP contribution in [-0.2, 0) is 5.75 Å². The average molecular weight is 299 g/mol. The molecule has 2 aromatic rings. The predicted molar refractivity (Wildman–Crippen MR) is 93.9 cm³/mol. The van der Waals surface area contributed by atoms with Crippen molar-refractivity contribution in [3.8, 4) is 0 Å². The molecule has 0 spiro atoms. The fourth-order valence-electron chi connectivity index (χ4n) is 2.26. The molecule has 2 rings (SSSR count). The SMILES string of the molecule is CCCNC(C)c1ccc(SCc2ccccc2C)cc1. The van der Waals surface area contributed by atoms with E-state index in [2.05, 4.69) is 74.6 Å². The summed E-state index contributed by atoms with van der Waals surface area (Å²) in [5.41, 5.74) is 4.16. The van der Waals surface area contributed by atoms with Crippen molar-refractivity contribution in [1.29, 1.82) is 0 Å². The minimum absolute atomic E-state index is 0.431. The molecule has 0 bridgehead atoms. The van der Waals surface area contributed by atoms with Gasteiger partial charge < -0.3 is 5.32 Å². The molecule has 2 heteroatoms. The van der Waals surface area contributed by atoms with E-state index in [4.69, 9.17) is 0 Å². The van der Waals surface area contributed by atoms with Gasteiger partial charge in [-0.3, -0.25) is 0 Å². The summed E-state index contributed by atoms with van der Waals surface area (Å²) in [5.74, 6) is 1.04. The fraction of sp³-hybridized carbons (Fsp3) is 0.368. The van der Waals surface area contributed by atoms with E-state index in [0.717, 1.165) is 12.3 Å². The van der Waals surface area contributed by atoms with Gasteiger partial charge in [-0.1, -0.05) is 43.3 Å². The molecule has 1 unspecified atom stereocenters. The van der Waals surface area contributed by atoms with E-state index in [0.29, 0.717) is 6.04 Å². The van der Waals surface area contributed by atoms with Gasteiger partial charge in [-0.25, -0.2) is 0 Å². The van der Waals surface area contributed by atoms with Crippen molar-refractivity contribution in [3.63, 3.8) is 0 Å². The lowest BCUT2D eigenvalue weighted by Crippen LogP contribution is -2.19. The van der Waals surface area contributed by atoms with E-state index in [9.17, 15) is 0 Å². The van der Waals surface area contributed by atoms with Crippen molar-refractivity contribution in [1.82, 2.24) is 5.32 Å². The maximum Gasteiger partial charge on any atom is 0.0291 e. The molecule has 112 valence electrons. The Morgan fingerprint density at radius 3 is 2.43 bits per heavy atom. The van der Waals surface area contributed by atoms with Crippen molar-refractivity contribution in [2.45, 2.75) is 43.9 Å². The molecule has 21 heavy (non-hydrogen) atoms. The zero-order chi connectivity index (χ0) is 15.1. The van der Waals surface area contributed by atoms with Gasteiger partial charge in [-0.05, 0) is 55.6 Å². The summed E-state index contributed by atoms with van der Waals surface area (Å²) in [5, 5.41) is 3.53. The van der Waals surface area contributed by atoms with Gasteiger partial charge in [0.15, 0.2) is 0 Å². The van der Waals surface area contributed by atoms with Crippen LogP contribution in [0.5, 0.6) is 0 Å². The molecule has 0 heterocycles. The lowest BCUT2D eigenvalue weighted by atomic mass is 10.1. The van der Waals surface area contributed by atoms with Gasteiger partial charge in [0, 0.05) is 16.7 Å². The van der Waals surface area contributed by atoms with Crippen molar-refractivity contribution in [3.05, 3.63) is 65.2 Å². The number of hydrogen-bond donors (Lipinski definition) is 1. The maximum atomic E-state index is 3.53. The van der Waals surface area contributed by atoms with Crippen LogP contribution in [0.15, 0.2) is 53.4 Å². The first-order valence-electron chi connectivity index (χ1n) is 7.71. The molecule has 0 amide bonds. The highest BCUT2D eigenvalue weighted by molar-refractivity contribution is 7.98. The molecule has 0 fully saturated rings. The quantitative estimate of drug-likeness (QED) is 0.692. The molecule has 1 atom stereocenters. The van der Waals surface area contributed by atoms with Crippen LogP contribution < -0.4 is 5.32 Å². The molecule has 0 aliphatic rings. The van der Waals surface area contributed by atoms with Gasteiger partial charge in [-0.15, -0.1) is 11.8 Å². The Labute approximate surface area is 133 Å². The van der Waals surface area contributed by atoms with Crippen molar-refractivity contribution in [2.75, 3.05) is 6.54 Å². The van der Waals surface area contributed by atoms with E-state index in [-0.39, 0.29) is 0 Å². The number of hydrogen-bond acceptors (Lipinski definition) is 2. The zero-order valence-corrected chi connectivity index (χ0v) is 14.0. The molecule has 0 saturated heterocycles. The number of rotatable bonds is 7. The fourth-order valence-corrected chi connectivity index (χ4v) is 3.24. The Morgan fingerprint density at radius 1 is 1.05 bits per heavy atom. The van der Waals surface area contributed by atoms with Crippen molar-refractivity contribution in [2.24, 2.45) is 0 Å². The molecule has 0 aliphatic heterocycles. The summed E-state index contributed by atoms with van der Waals surface area (Å²) in [7, 11) is 0. The van der Waals surface area contributed by atoms with Crippen LogP contribution in [-0.4, -0.2) is 6.54 Å².